The lowest BCUT2D eigenvalue weighted by Crippen LogP contribution is -2.37. The van der Waals surface area contributed by atoms with Crippen LogP contribution in [0.1, 0.15) is 28.6 Å². The summed E-state index contributed by atoms with van der Waals surface area (Å²) < 4.78 is 7.11. The van der Waals surface area contributed by atoms with Crippen LogP contribution >= 0.6 is 0 Å². The fraction of sp³-hybridized carbons (Fsp3) is 0.200. The highest BCUT2D eigenvalue weighted by atomic mass is 16.3. The quantitative estimate of drug-likeness (QED) is 0.483. The first-order valence-corrected chi connectivity index (χ1v) is 8.89. The second kappa shape index (κ2) is 7.51. The first kappa shape index (κ1) is 17.7. The number of aromatic nitrogens is 3. The van der Waals surface area contributed by atoms with Crippen LogP contribution in [0.25, 0.3) is 0 Å². The third-order valence-corrected chi connectivity index (χ3v) is 4.69. The summed E-state index contributed by atoms with van der Waals surface area (Å²) in [4.78, 5) is 34.1. The van der Waals surface area contributed by atoms with Crippen molar-refractivity contribution >= 4 is 11.7 Å². The number of hydrogen-bond acceptors (Lipinski definition) is 5. The molecule has 0 radical (unpaired) electrons. The molecule has 0 saturated heterocycles. The van der Waals surface area contributed by atoms with Gasteiger partial charge in [-0.3, -0.25) is 19.6 Å². The van der Waals surface area contributed by atoms with Gasteiger partial charge in [0.2, 0.25) is 18.0 Å². The molecule has 1 aliphatic rings. The Labute approximate surface area is 160 Å². The second-order valence-electron chi connectivity index (χ2n) is 6.44. The fourth-order valence-electron chi connectivity index (χ4n) is 3.41. The number of Topliss-reactive ketones (excluding diaryl/α,β-unsaturated/α-hetero) is 1. The summed E-state index contributed by atoms with van der Waals surface area (Å²) in [6.45, 7) is 1.000. The summed E-state index contributed by atoms with van der Waals surface area (Å²) in [7, 11) is 0. The molecule has 4 rings (SSSR count). The number of amides is 1. The van der Waals surface area contributed by atoms with E-state index in [0.717, 1.165) is 0 Å². The molecule has 4 heterocycles. The smallest absolute Gasteiger partial charge is 0.241 e. The van der Waals surface area contributed by atoms with Crippen molar-refractivity contribution in [3.8, 4) is 0 Å². The van der Waals surface area contributed by atoms with E-state index in [1.807, 2.05) is 17.1 Å². The van der Waals surface area contributed by atoms with Gasteiger partial charge in [0.25, 0.3) is 0 Å². The molecule has 8 nitrogen and oxygen atoms in total. The monoisotopic (exact) mass is 378 g/mol. The highest BCUT2D eigenvalue weighted by Crippen LogP contribution is 2.37. The third-order valence-electron chi connectivity index (χ3n) is 4.69. The molecule has 1 unspecified atom stereocenters. The SMILES string of the molecule is O=C(C1=C([O-])C(=O)N(CCC[n+]2cc[nH]c2)C1c1cccnc1)c1ccco1. The fourth-order valence-corrected chi connectivity index (χ4v) is 3.41. The van der Waals surface area contributed by atoms with Gasteiger partial charge in [0.15, 0.2) is 5.76 Å². The molecule has 0 fully saturated rings. The van der Waals surface area contributed by atoms with Gasteiger partial charge in [0.05, 0.1) is 18.8 Å². The molecule has 1 amide bonds. The minimum absolute atomic E-state index is 0.0368. The summed E-state index contributed by atoms with van der Waals surface area (Å²) in [5.41, 5.74) is 0.521. The number of nitrogens with one attached hydrogen (secondary N) is 1. The zero-order chi connectivity index (χ0) is 19.5. The Morgan fingerprint density at radius 1 is 1.36 bits per heavy atom. The van der Waals surface area contributed by atoms with Crippen molar-refractivity contribution < 1.29 is 23.7 Å². The first-order chi connectivity index (χ1) is 13.7. The highest BCUT2D eigenvalue weighted by molar-refractivity contribution is 6.14. The van der Waals surface area contributed by atoms with Crippen molar-refractivity contribution in [2.75, 3.05) is 6.54 Å². The van der Waals surface area contributed by atoms with Crippen molar-refractivity contribution in [3.63, 3.8) is 0 Å². The molecular formula is C20H18N4O4. The summed E-state index contributed by atoms with van der Waals surface area (Å²) in [6, 6.07) is 5.75. The van der Waals surface area contributed by atoms with Crippen LogP contribution < -0.4 is 9.67 Å². The number of nitrogens with zero attached hydrogens (tertiary/aromatic N) is 3. The summed E-state index contributed by atoms with van der Waals surface area (Å²) >= 11 is 0. The zero-order valence-electron chi connectivity index (χ0n) is 14.9. The van der Waals surface area contributed by atoms with E-state index in [9.17, 15) is 14.7 Å². The van der Waals surface area contributed by atoms with Gasteiger partial charge in [-0.1, -0.05) is 6.07 Å². The lowest BCUT2D eigenvalue weighted by atomic mass is 9.96. The van der Waals surface area contributed by atoms with E-state index in [4.69, 9.17) is 4.42 Å². The molecule has 3 aromatic rings. The maximum Gasteiger partial charge on any atom is 0.241 e. The van der Waals surface area contributed by atoms with Gasteiger partial charge in [0.1, 0.15) is 12.4 Å². The molecule has 8 heteroatoms. The predicted molar refractivity (Wildman–Crippen MR) is 94.4 cm³/mol. The van der Waals surface area contributed by atoms with Gasteiger partial charge in [-0.25, -0.2) is 4.57 Å². The highest BCUT2D eigenvalue weighted by Gasteiger charge is 2.40. The Morgan fingerprint density at radius 3 is 2.93 bits per heavy atom. The molecule has 0 bridgehead atoms. The Kier molecular flexibility index (Phi) is 4.76. The number of carbonyl (C=O) groups is 2. The topological polar surface area (TPSA) is 106 Å². The van der Waals surface area contributed by atoms with Crippen LogP contribution in [0.5, 0.6) is 0 Å². The van der Waals surface area contributed by atoms with Crippen LogP contribution in [-0.4, -0.2) is 33.1 Å². The van der Waals surface area contributed by atoms with E-state index < -0.39 is 23.5 Å². The van der Waals surface area contributed by atoms with Gasteiger partial charge in [-0.2, -0.15) is 0 Å². The number of imidazole rings is 1. The number of aromatic amines is 1. The van der Waals surface area contributed by atoms with Crippen molar-refractivity contribution in [2.45, 2.75) is 19.0 Å². The maximum atomic E-state index is 12.9. The minimum Gasteiger partial charge on any atom is -0.868 e. The molecule has 0 aliphatic carbocycles. The predicted octanol–water partition coefficient (Wildman–Crippen LogP) is 0.761. The van der Waals surface area contributed by atoms with E-state index in [1.165, 1.54) is 17.2 Å². The van der Waals surface area contributed by atoms with Crippen molar-refractivity contribution in [1.29, 1.82) is 0 Å². The minimum atomic E-state index is -0.787. The third kappa shape index (κ3) is 3.20. The van der Waals surface area contributed by atoms with Crippen molar-refractivity contribution in [2.24, 2.45) is 0 Å². The van der Waals surface area contributed by atoms with Crippen LogP contribution in [-0.2, 0) is 11.3 Å². The van der Waals surface area contributed by atoms with Crippen LogP contribution in [0.15, 0.2) is 77.4 Å². The molecule has 0 spiro atoms. The van der Waals surface area contributed by atoms with Gasteiger partial charge in [0, 0.05) is 30.9 Å². The van der Waals surface area contributed by atoms with Crippen LogP contribution in [0.2, 0.25) is 0 Å². The van der Waals surface area contributed by atoms with E-state index in [-0.39, 0.29) is 11.3 Å². The van der Waals surface area contributed by atoms with E-state index >= 15 is 0 Å². The number of rotatable bonds is 7. The van der Waals surface area contributed by atoms with Gasteiger partial charge in [-0.05, 0) is 29.5 Å². The maximum absolute atomic E-state index is 12.9. The molecule has 1 N–H and O–H groups in total. The number of pyridine rings is 1. The molecule has 0 aromatic carbocycles. The largest absolute Gasteiger partial charge is 0.868 e. The standard InChI is InChI=1S/C20H18N4O4/c25-18(15-5-2-11-28-15)16-17(14-4-1-6-21-12-14)24(20(27)19(16)26)9-3-8-23-10-7-22-13-23/h1-2,4-7,10-13,17H,3,8-9H2,(H,25,26). The van der Waals surface area contributed by atoms with Crippen molar-refractivity contribution in [1.82, 2.24) is 14.9 Å². The summed E-state index contributed by atoms with van der Waals surface area (Å²) in [5, 5.41) is 12.7. The Balaban J connectivity index is 1.64. The Bertz CT molecular complexity index is 994. The number of aryl methyl sites for hydroxylation is 1. The molecule has 3 aromatic heterocycles. The molecule has 0 saturated carbocycles. The summed E-state index contributed by atoms with van der Waals surface area (Å²) in [6.07, 6.45) is 10.7. The molecule has 28 heavy (non-hydrogen) atoms. The Morgan fingerprint density at radius 2 is 2.25 bits per heavy atom. The molecule has 1 aliphatic heterocycles. The average molecular weight is 378 g/mol. The van der Waals surface area contributed by atoms with E-state index in [2.05, 4.69) is 9.97 Å². The zero-order valence-corrected chi connectivity index (χ0v) is 14.9. The lowest BCUT2D eigenvalue weighted by molar-refractivity contribution is -0.695. The number of ketones is 1. The van der Waals surface area contributed by atoms with E-state index in [0.29, 0.717) is 25.1 Å². The Hall–Kier alpha value is -3.68. The van der Waals surface area contributed by atoms with Gasteiger partial charge >= 0.3 is 0 Å². The van der Waals surface area contributed by atoms with Gasteiger partial charge in [-0.15, -0.1) is 0 Å². The van der Waals surface area contributed by atoms with Crippen LogP contribution in [0.4, 0.5) is 0 Å². The van der Waals surface area contributed by atoms with Crippen molar-refractivity contribution in [3.05, 3.63) is 84.3 Å². The van der Waals surface area contributed by atoms with Gasteiger partial charge < -0.3 is 14.4 Å². The summed E-state index contributed by atoms with van der Waals surface area (Å²) in [5.74, 6) is -2.00. The normalized spacial score (nSPS) is 16.8. The number of carbonyl (C=O) groups excluding carboxylic acids is 2. The molecular weight excluding hydrogens is 360 g/mol. The second-order valence-corrected chi connectivity index (χ2v) is 6.44. The molecule has 1 atom stereocenters. The van der Waals surface area contributed by atoms with E-state index in [1.54, 1.807) is 36.8 Å². The van der Waals surface area contributed by atoms with Crippen LogP contribution in [0, 0.1) is 0 Å². The average Bonchev–Trinajstić information content (AvgIpc) is 3.46. The number of hydrogen-bond donors (Lipinski definition) is 1. The molecule has 142 valence electrons. The van der Waals surface area contributed by atoms with Crippen LogP contribution in [0.3, 0.4) is 0 Å². The number of furan rings is 1. The first-order valence-electron chi connectivity index (χ1n) is 8.89. The number of H-pyrrole nitrogens is 1. The lowest BCUT2D eigenvalue weighted by Gasteiger charge is -2.27.